The van der Waals surface area contributed by atoms with Gasteiger partial charge in [0.2, 0.25) is 5.91 Å². The topological polar surface area (TPSA) is 52.7 Å². The fourth-order valence-corrected chi connectivity index (χ4v) is 4.00. The van der Waals surface area contributed by atoms with E-state index in [4.69, 9.17) is 0 Å². The first-order valence-electron chi connectivity index (χ1n) is 10.1. The number of amides is 2. The van der Waals surface area contributed by atoms with Crippen LogP contribution in [0.15, 0.2) is 24.3 Å². The summed E-state index contributed by atoms with van der Waals surface area (Å²) in [5.74, 6) is -0.324. The van der Waals surface area contributed by atoms with Crippen molar-refractivity contribution in [1.29, 1.82) is 0 Å². The van der Waals surface area contributed by atoms with Gasteiger partial charge in [0.05, 0.1) is 6.04 Å². The Bertz CT molecular complexity index is 633. The van der Waals surface area contributed by atoms with Crippen LogP contribution in [0.2, 0.25) is 0 Å². The molecule has 1 saturated heterocycles. The van der Waals surface area contributed by atoms with E-state index in [0.717, 1.165) is 12.8 Å². The molecule has 1 heterocycles. The van der Waals surface area contributed by atoms with Crippen molar-refractivity contribution in [3.05, 3.63) is 35.6 Å². The second-order valence-electron chi connectivity index (χ2n) is 7.71. The van der Waals surface area contributed by atoms with Gasteiger partial charge in [0.15, 0.2) is 0 Å². The van der Waals surface area contributed by atoms with Gasteiger partial charge in [-0.05, 0) is 44.0 Å². The highest BCUT2D eigenvalue weighted by atomic mass is 19.1. The van der Waals surface area contributed by atoms with Crippen LogP contribution >= 0.6 is 0 Å². The van der Waals surface area contributed by atoms with Crippen LogP contribution < -0.4 is 5.32 Å². The molecule has 2 aliphatic rings. The van der Waals surface area contributed by atoms with Crippen LogP contribution in [0.25, 0.3) is 0 Å². The van der Waals surface area contributed by atoms with Gasteiger partial charge in [-0.3, -0.25) is 14.5 Å². The predicted molar refractivity (Wildman–Crippen MR) is 103 cm³/mol. The largest absolute Gasteiger partial charge is 0.352 e. The van der Waals surface area contributed by atoms with Gasteiger partial charge in [0.25, 0.3) is 5.91 Å². The van der Waals surface area contributed by atoms with Crippen LogP contribution in [0, 0.1) is 5.82 Å². The smallest absolute Gasteiger partial charge is 0.253 e. The van der Waals surface area contributed by atoms with Crippen molar-refractivity contribution in [2.45, 2.75) is 57.5 Å². The highest BCUT2D eigenvalue weighted by molar-refractivity contribution is 5.94. The minimum Gasteiger partial charge on any atom is -0.352 e. The lowest BCUT2D eigenvalue weighted by atomic mass is 10.1. The Hall–Kier alpha value is -1.95. The molecule has 1 aliphatic carbocycles. The first-order chi connectivity index (χ1) is 13.0. The number of carbonyl (C=O) groups is 2. The molecule has 1 N–H and O–H groups in total. The average Bonchev–Trinajstić information content (AvgIpc) is 2.96. The lowest BCUT2D eigenvalue weighted by molar-refractivity contribution is -0.127. The van der Waals surface area contributed by atoms with E-state index in [2.05, 4.69) is 10.2 Å². The van der Waals surface area contributed by atoms with E-state index in [1.165, 1.54) is 49.9 Å². The highest BCUT2D eigenvalue weighted by Gasteiger charge is 2.29. The zero-order valence-electron chi connectivity index (χ0n) is 16.1. The van der Waals surface area contributed by atoms with Crippen molar-refractivity contribution in [3.63, 3.8) is 0 Å². The van der Waals surface area contributed by atoms with E-state index < -0.39 is 0 Å². The van der Waals surface area contributed by atoms with Gasteiger partial charge in [-0.25, -0.2) is 4.39 Å². The number of benzene rings is 1. The minimum absolute atomic E-state index is 0.0785. The van der Waals surface area contributed by atoms with Crippen molar-refractivity contribution >= 4 is 11.8 Å². The third-order valence-corrected chi connectivity index (χ3v) is 5.82. The Morgan fingerprint density at radius 1 is 1.00 bits per heavy atom. The Morgan fingerprint density at radius 3 is 2.19 bits per heavy atom. The van der Waals surface area contributed by atoms with Crippen molar-refractivity contribution in [1.82, 2.24) is 15.1 Å². The van der Waals surface area contributed by atoms with Gasteiger partial charge in [-0.2, -0.15) is 0 Å². The Morgan fingerprint density at radius 2 is 1.59 bits per heavy atom. The quantitative estimate of drug-likeness (QED) is 0.824. The van der Waals surface area contributed by atoms with Gasteiger partial charge in [0.1, 0.15) is 5.82 Å². The summed E-state index contributed by atoms with van der Waals surface area (Å²) in [7, 11) is 0. The molecule has 2 fully saturated rings. The number of nitrogens with zero attached hydrogens (tertiary/aromatic N) is 2. The second kappa shape index (κ2) is 9.31. The summed E-state index contributed by atoms with van der Waals surface area (Å²) < 4.78 is 13.0. The summed E-state index contributed by atoms with van der Waals surface area (Å²) in [5.41, 5.74) is 0.504. The Labute approximate surface area is 160 Å². The van der Waals surface area contributed by atoms with Gasteiger partial charge in [-0.15, -0.1) is 0 Å². The highest BCUT2D eigenvalue weighted by Crippen LogP contribution is 2.18. The standard InChI is InChI=1S/C21H30FN3O2/c1-16(20(26)23-19-6-4-2-3-5-7-19)24-12-14-25(15-13-24)21(27)17-8-10-18(22)11-9-17/h8-11,16,19H,2-7,12-15H2,1H3,(H,23,26)/t16-/m1/s1. The Kier molecular flexibility index (Phi) is 6.83. The molecule has 0 bridgehead atoms. The second-order valence-corrected chi connectivity index (χ2v) is 7.71. The normalized spacial score (nSPS) is 20.7. The fourth-order valence-electron chi connectivity index (χ4n) is 4.00. The molecule has 0 spiro atoms. The average molecular weight is 375 g/mol. The number of halogens is 1. The lowest BCUT2D eigenvalue weighted by Crippen LogP contribution is -2.55. The van der Waals surface area contributed by atoms with Crippen molar-refractivity contribution < 1.29 is 14.0 Å². The molecule has 1 aromatic rings. The predicted octanol–water partition coefficient (Wildman–Crippen LogP) is 2.81. The lowest BCUT2D eigenvalue weighted by Gasteiger charge is -2.37. The van der Waals surface area contributed by atoms with Gasteiger partial charge >= 0.3 is 0 Å². The number of nitrogens with one attached hydrogen (secondary N) is 1. The van der Waals surface area contributed by atoms with Crippen LogP contribution in [0.1, 0.15) is 55.8 Å². The summed E-state index contributed by atoms with van der Waals surface area (Å²) in [6.07, 6.45) is 7.10. The van der Waals surface area contributed by atoms with E-state index in [-0.39, 0.29) is 23.7 Å². The van der Waals surface area contributed by atoms with E-state index >= 15 is 0 Å². The molecule has 0 radical (unpaired) electrons. The molecule has 1 atom stereocenters. The number of hydrogen-bond acceptors (Lipinski definition) is 3. The van der Waals surface area contributed by atoms with Crippen molar-refractivity contribution in [2.24, 2.45) is 0 Å². The van der Waals surface area contributed by atoms with Gasteiger partial charge < -0.3 is 10.2 Å². The van der Waals surface area contributed by atoms with E-state index in [0.29, 0.717) is 37.8 Å². The summed E-state index contributed by atoms with van der Waals surface area (Å²) in [6, 6.07) is 5.78. The maximum atomic E-state index is 13.0. The van der Waals surface area contributed by atoms with Crippen LogP contribution in [-0.4, -0.2) is 59.9 Å². The summed E-state index contributed by atoms with van der Waals surface area (Å²) in [4.78, 5) is 29.1. The molecule has 6 heteroatoms. The minimum atomic E-state index is -0.343. The third-order valence-electron chi connectivity index (χ3n) is 5.82. The molecule has 27 heavy (non-hydrogen) atoms. The van der Waals surface area contributed by atoms with Gasteiger partial charge in [-0.1, -0.05) is 25.7 Å². The first kappa shape index (κ1) is 19.8. The van der Waals surface area contributed by atoms with E-state index in [1.807, 2.05) is 6.92 Å². The zero-order valence-corrected chi connectivity index (χ0v) is 16.1. The summed E-state index contributed by atoms with van der Waals surface area (Å²) >= 11 is 0. The summed E-state index contributed by atoms with van der Waals surface area (Å²) in [5, 5.41) is 3.22. The van der Waals surface area contributed by atoms with Crippen LogP contribution in [0.5, 0.6) is 0 Å². The fraction of sp³-hybridized carbons (Fsp3) is 0.619. The van der Waals surface area contributed by atoms with Crippen LogP contribution in [0.3, 0.4) is 0 Å². The molecule has 2 amide bonds. The van der Waals surface area contributed by atoms with E-state index in [1.54, 1.807) is 4.90 Å². The number of hydrogen-bond donors (Lipinski definition) is 1. The number of rotatable bonds is 4. The first-order valence-corrected chi connectivity index (χ1v) is 10.1. The maximum Gasteiger partial charge on any atom is 0.253 e. The maximum absolute atomic E-state index is 13.0. The SMILES string of the molecule is C[C@H](C(=O)NC1CCCCCC1)N1CCN(C(=O)c2ccc(F)cc2)CC1. The number of carbonyl (C=O) groups excluding carboxylic acids is 2. The third kappa shape index (κ3) is 5.28. The molecule has 0 unspecified atom stereocenters. The van der Waals surface area contributed by atoms with Gasteiger partial charge in [0, 0.05) is 37.8 Å². The van der Waals surface area contributed by atoms with E-state index in [9.17, 15) is 14.0 Å². The zero-order chi connectivity index (χ0) is 19.2. The van der Waals surface area contributed by atoms with Crippen LogP contribution in [0.4, 0.5) is 4.39 Å². The Balaban J connectivity index is 1.48. The molecular weight excluding hydrogens is 345 g/mol. The monoisotopic (exact) mass is 375 g/mol. The molecule has 1 aliphatic heterocycles. The molecular formula is C21H30FN3O2. The van der Waals surface area contributed by atoms with Crippen LogP contribution in [-0.2, 0) is 4.79 Å². The van der Waals surface area contributed by atoms with Crippen molar-refractivity contribution in [3.8, 4) is 0 Å². The molecule has 0 aromatic heterocycles. The number of piperazine rings is 1. The summed E-state index contributed by atoms with van der Waals surface area (Å²) in [6.45, 7) is 4.45. The molecule has 1 aromatic carbocycles. The molecule has 5 nitrogen and oxygen atoms in total. The molecule has 3 rings (SSSR count). The molecule has 1 saturated carbocycles. The van der Waals surface area contributed by atoms with Crippen molar-refractivity contribution in [2.75, 3.05) is 26.2 Å². The molecule has 148 valence electrons.